The van der Waals surface area contributed by atoms with E-state index in [0.717, 1.165) is 37.0 Å². The third-order valence-electron chi connectivity index (χ3n) is 6.04. The van der Waals surface area contributed by atoms with Crippen molar-refractivity contribution < 1.29 is 17.6 Å². The summed E-state index contributed by atoms with van der Waals surface area (Å²) >= 11 is 1.37. The molecule has 1 saturated heterocycles. The second-order valence-corrected chi connectivity index (χ2v) is 11.4. The Morgan fingerprint density at radius 1 is 1.22 bits per heavy atom. The molecule has 3 aromatic heterocycles. The van der Waals surface area contributed by atoms with Gasteiger partial charge < -0.3 is 9.47 Å². The number of pyridine rings is 1. The lowest BCUT2D eigenvalue weighted by Gasteiger charge is -2.25. The summed E-state index contributed by atoms with van der Waals surface area (Å²) in [6.45, 7) is 1.19. The van der Waals surface area contributed by atoms with Gasteiger partial charge in [-0.15, -0.1) is 11.3 Å². The van der Waals surface area contributed by atoms with E-state index >= 15 is 0 Å². The van der Waals surface area contributed by atoms with Crippen molar-refractivity contribution in [2.75, 3.05) is 27.7 Å². The highest BCUT2D eigenvalue weighted by atomic mass is 32.2. The van der Waals surface area contributed by atoms with Crippen molar-refractivity contribution in [1.29, 1.82) is 0 Å². The zero-order valence-electron chi connectivity index (χ0n) is 20.0. The van der Waals surface area contributed by atoms with Gasteiger partial charge in [-0.1, -0.05) is 0 Å². The number of carbonyl (C=O) groups is 1. The Hall–Kier alpha value is -3.77. The van der Waals surface area contributed by atoms with E-state index in [9.17, 15) is 17.6 Å². The summed E-state index contributed by atoms with van der Waals surface area (Å²) in [6, 6.07) is 13.9. The van der Waals surface area contributed by atoms with Gasteiger partial charge in [-0.2, -0.15) is 4.39 Å². The molecule has 0 aliphatic carbocycles. The molecule has 4 heterocycles. The zero-order chi connectivity index (χ0) is 26.0. The molecular formula is C25H25FN6O3S2. The molecule has 0 unspecified atom stereocenters. The van der Waals surface area contributed by atoms with Gasteiger partial charge in [0.2, 0.25) is 16.0 Å². The van der Waals surface area contributed by atoms with Gasteiger partial charge in [0.15, 0.2) is 5.13 Å². The first-order chi connectivity index (χ1) is 17.7. The number of carbonyl (C=O) groups excluding carboxylic acids is 1. The number of rotatable bonds is 8. The monoisotopic (exact) mass is 540 g/mol. The zero-order valence-corrected chi connectivity index (χ0v) is 21.6. The first-order valence-electron chi connectivity index (χ1n) is 11.6. The van der Waals surface area contributed by atoms with Gasteiger partial charge in [0.1, 0.15) is 5.69 Å². The van der Waals surface area contributed by atoms with Crippen molar-refractivity contribution in [3.63, 3.8) is 0 Å². The van der Waals surface area contributed by atoms with E-state index < -0.39 is 16.0 Å². The van der Waals surface area contributed by atoms with E-state index in [-0.39, 0.29) is 11.9 Å². The smallest absolute Gasteiger partial charge is 0.274 e. The van der Waals surface area contributed by atoms with Crippen LogP contribution in [0.3, 0.4) is 0 Å². The van der Waals surface area contributed by atoms with Gasteiger partial charge in [0, 0.05) is 42.2 Å². The molecule has 0 saturated carbocycles. The standard InChI is InChI=1S/C25H25FN6O3S2/c1-37(34,35)30-18-6-8-19(9-7-18)32-13-3-4-21(32)20-16-36-25(28-20)29-24(33)22-5-2-12-31(22)15-17-10-11-27-23(26)14-17/h2,5-12,14,16,21,30H,3-4,13,15H2,1H3,(H,28,29,33)/t21-/m1/s1. The van der Waals surface area contributed by atoms with Crippen LogP contribution in [0.4, 0.5) is 20.9 Å². The molecule has 0 radical (unpaired) electrons. The fraction of sp³-hybridized carbons (Fsp3) is 0.240. The van der Waals surface area contributed by atoms with Crippen LogP contribution in [0.5, 0.6) is 0 Å². The second kappa shape index (κ2) is 10.3. The lowest BCUT2D eigenvalue weighted by atomic mass is 10.1. The number of nitrogens with zero attached hydrogens (tertiary/aromatic N) is 4. The molecule has 5 rings (SSSR count). The maximum atomic E-state index is 13.5. The van der Waals surface area contributed by atoms with Crippen LogP contribution in [-0.4, -0.2) is 41.7 Å². The van der Waals surface area contributed by atoms with Crippen LogP contribution in [0.2, 0.25) is 0 Å². The molecule has 0 bridgehead atoms. The van der Waals surface area contributed by atoms with Crippen molar-refractivity contribution in [3.8, 4) is 0 Å². The fourth-order valence-electron chi connectivity index (χ4n) is 4.47. The van der Waals surface area contributed by atoms with Crippen molar-refractivity contribution in [1.82, 2.24) is 14.5 Å². The molecule has 192 valence electrons. The van der Waals surface area contributed by atoms with Crippen LogP contribution in [0, 0.1) is 5.95 Å². The number of aromatic nitrogens is 3. The summed E-state index contributed by atoms with van der Waals surface area (Å²) in [4.78, 5) is 23.5. The molecule has 12 heteroatoms. The summed E-state index contributed by atoms with van der Waals surface area (Å²) in [5, 5.41) is 5.34. The first kappa shape index (κ1) is 24.9. The highest BCUT2D eigenvalue weighted by molar-refractivity contribution is 7.92. The van der Waals surface area contributed by atoms with Gasteiger partial charge >= 0.3 is 0 Å². The molecule has 37 heavy (non-hydrogen) atoms. The number of hydrogen-bond acceptors (Lipinski definition) is 7. The van der Waals surface area contributed by atoms with Crippen molar-refractivity contribution in [2.45, 2.75) is 25.4 Å². The highest BCUT2D eigenvalue weighted by Gasteiger charge is 2.28. The van der Waals surface area contributed by atoms with Crippen LogP contribution in [0.25, 0.3) is 0 Å². The largest absolute Gasteiger partial charge is 0.363 e. The molecule has 0 spiro atoms. The van der Waals surface area contributed by atoms with Gasteiger partial charge in [-0.25, -0.2) is 18.4 Å². The third kappa shape index (κ3) is 5.97. The molecule has 1 atom stereocenters. The van der Waals surface area contributed by atoms with Crippen LogP contribution in [0.1, 0.15) is 40.6 Å². The predicted octanol–water partition coefficient (Wildman–Crippen LogP) is 4.49. The Labute approximate surface area is 218 Å². The lowest BCUT2D eigenvalue weighted by Crippen LogP contribution is -2.23. The maximum Gasteiger partial charge on any atom is 0.274 e. The van der Waals surface area contributed by atoms with Crippen LogP contribution in [0.15, 0.2) is 66.3 Å². The minimum absolute atomic E-state index is 0.0565. The number of amides is 1. The summed E-state index contributed by atoms with van der Waals surface area (Å²) in [6.07, 6.45) is 6.21. The fourth-order valence-corrected chi connectivity index (χ4v) is 5.79. The summed E-state index contributed by atoms with van der Waals surface area (Å²) in [5.74, 6) is -0.855. The summed E-state index contributed by atoms with van der Waals surface area (Å²) in [5.41, 5.74) is 3.51. The number of sulfonamides is 1. The van der Waals surface area contributed by atoms with Crippen LogP contribution in [-0.2, 0) is 16.6 Å². The SMILES string of the molecule is CS(=O)(=O)Nc1ccc(N2CCC[C@@H]2c2csc(NC(=O)c3cccn3Cc3ccnc(F)c3)n2)cc1. The molecule has 1 aliphatic rings. The van der Waals surface area contributed by atoms with E-state index in [1.165, 1.54) is 23.6 Å². The van der Waals surface area contributed by atoms with Crippen LogP contribution >= 0.6 is 11.3 Å². The van der Waals surface area contributed by atoms with Gasteiger partial charge in [-0.3, -0.25) is 14.8 Å². The number of anilines is 3. The minimum atomic E-state index is -3.33. The Balaban J connectivity index is 1.27. The van der Waals surface area contributed by atoms with Crippen molar-refractivity contribution in [2.24, 2.45) is 0 Å². The topological polar surface area (TPSA) is 109 Å². The number of nitrogens with one attached hydrogen (secondary N) is 2. The number of halogens is 1. The van der Waals surface area contributed by atoms with E-state index in [1.54, 1.807) is 41.1 Å². The van der Waals surface area contributed by atoms with Gasteiger partial charge in [-0.05, 0) is 66.9 Å². The Kier molecular flexibility index (Phi) is 6.94. The molecule has 1 fully saturated rings. The summed E-state index contributed by atoms with van der Waals surface area (Å²) < 4.78 is 40.6. The van der Waals surface area contributed by atoms with E-state index in [1.807, 2.05) is 17.5 Å². The molecule has 1 aliphatic heterocycles. The molecule has 4 aromatic rings. The van der Waals surface area contributed by atoms with E-state index in [0.29, 0.717) is 28.6 Å². The van der Waals surface area contributed by atoms with Gasteiger partial charge in [0.05, 0.1) is 18.0 Å². The number of thiazole rings is 1. The molecule has 1 aromatic carbocycles. The maximum absolute atomic E-state index is 13.5. The molecular weight excluding hydrogens is 515 g/mol. The highest BCUT2D eigenvalue weighted by Crippen LogP contribution is 2.37. The average molecular weight is 541 g/mol. The second-order valence-electron chi connectivity index (χ2n) is 8.81. The molecule has 2 N–H and O–H groups in total. The van der Waals surface area contributed by atoms with Crippen molar-refractivity contribution in [3.05, 3.63) is 89.2 Å². The van der Waals surface area contributed by atoms with Gasteiger partial charge in [0.25, 0.3) is 5.91 Å². The predicted molar refractivity (Wildman–Crippen MR) is 142 cm³/mol. The van der Waals surface area contributed by atoms with Crippen molar-refractivity contribution >= 4 is 43.8 Å². The first-order valence-corrected chi connectivity index (χ1v) is 14.4. The Morgan fingerprint density at radius 2 is 2.03 bits per heavy atom. The van der Waals surface area contributed by atoms with E-state index in [4.69, 9.17) is 4.98 Å². The quantitative estimate of drug-likeness (QED) is 0.319. The number of hydrogen-bond donors (Lipinski definition) is 2. The molecule has 9 nitrogen and oxygen atoms in total. The Morgan fingerprint density at radius 3 is 2.78 bits per heavy atom. The third-order valence-corrected chi connectivity index (χ3v) is 7.43. The lowest BCUT2D eigenvalue weighted by molar-refractivity contribution is 0.101. The minimum Gasteiger partial charge on any atom is -0.363 e. The Bertz CT molecular complexity index is 1520. The van der Waals surface area contributed by atoms with E-state index in [2.05, 4.69) is 19.9 Å². The average Bonchev–Trinajstić information content (AvgIpc) is 3.59. The number of benzene rings is 1. The summed E-state index contributed by atoms with van der Waals surface area (Å²) in [7, 11) is -3.33. The normalized spacial score (nSPS) is 15.6. The van der Waals surface area contributed by atoms with Crippen LogP contribution < -0.4 is 14.9 Å². The molecule has 1 amide bonds.